The number of carbonyl (C=O) groups excluding carboxylic acids is 1. The van der Waals surface area contributed by atoms with E-state index in [0.29, 0.717) is 11.6 Å². The number of halogens is 1. The molecule has 0 bridgehead atoms. The molecule has 0 saturated heterocycles. The van der Waals surface area contributed by atoms with Gasteiger partial charge in [0.1, 0.15) is 6.26 Å². The molecule has 0 aliphatic carbocycles. The molecule has 0 spiro atoms. The third kappa shape index (κ3) is 2.49. The third-order valence-electron chi connectivity index (χ3n) is 1.11. The summed E-state index contributed by atoms with van der Waals surface area (Å²) in [6, 6.07) is 0. The van der Waals surface area contributed by atoms with Gasteiger partial charge in [0, 0.05) is 6.92 Å². The number of rotatable bonds is 2. The quantitative estimate of drug-likeness (QED) is 0.641. The molecule has 5 heteroatoms. The minimum atomic E-state index is -0.0705. The van der Waals surface area contributed by atoms with Crippen LogP contribution in [0, 0.1) is 6.92 Å². The first-order chi connectivity index (χ1) is 5.22. The van der Waals surface area contributed by atoms with Crippen LogP contribution in [0.15, 0.2) is 10.7 Å². The first-order valence-corrected chi connectivity index (χ1v) is 4.10. The number of aromatic nitrogens is 1. The van der Waals surface area contributed by atoms with Gasteiger partial charge in [0.2, 0.25) is 5.91 Å². The standard InChI is InChI=1S/C6H7IN2O2/c1-4-8-5(3-11-4)2-6(10)9-7/h3H,2H2,1H3,(H,9,10). The molecule has 0 unspecified atom stereocenters. The Morgan fingerprint density at radius 3 is 3.09 bits per heavy atom. The van der Waals surface area contributed by atoms with E-state index in [1.165, 1.54) is 6.26 Å². The number of nitrogens with one attached hydrogen (secondary N) is 1. The normalized spacial score (nSPS) is 9.64. The highest BCUT2D eigenvalue weighted by Crippen LogP contribution is 2.00. The van der Waals surface area contributed by atoms with E-state index in [-0.39, 0.29) is 12.3 Å². The summed E-state index contributed by atoms with van der Waals surface area (Å²) >= 11 is 1.79. The summed E-state index contributed by atoms with van der Waals surface area (Å²) in [6.07, 6.45) is 1.77. The number of carbonyl (C=O) groups is 1. The minimum Gasteiger partial charge on any atom is -0.449 e. The Hall–Kier alpha value is -0.590. The van der Waals surface area contributed by atoms with Crippen molar-refractivity contribution in [3.05, 3.63) is 17.8 Å². The largest absolute Gasteiger partial charge is 0.449 e. The molecule has 0 saturated carbocycles. The second-order valence-corrected chi connectivity index (χ2v) is 2.59. The maximum absolute atomic E-state index is 10.8. The van der Waals surface area contributed by atoms with E-state index >= 15 is 0 Å². The minimum absolute atomic E-state index is 0.0705. The first-order valence-electron chi connectivity index (χ1n) is 3.03. The molecule has 0 aromatic carbocycles. The number of hydrogen-bond acceptors (Lipinski definition) is 3. The molecular weight excluding hydrogens is 259 g/mol. The van der Waals surface area contributed by atoms with Crippen molar-refractivity contribution in [2.24, 2.45) is 0 Å². The Bertz CT molecular complexity index is 259. The maximum atomic E-state index is 10.8. The van der Waals surface area contributed by atoms with E-state index in [0.717, 1.165) is 0 Å². The summed E-state index contributed by atoms with van der Waals surface area (Å²) in [5.41, 5.74) is 0.664. The van der Waals surface area contributed by atoms with Crippen LogP contribution in [0.5, 0.6) is 0 Å². The van der Waals surface area contributed by atoms with Gasteiger partial charge in [-0.15, -0.1) is 0 Å². The van der Waals surface area contributed by atoms with Crippen LogP contribution in [0.25, 0.3) is 0 Å². The van der Waals surface area contributed by atoms with Crippen molar-refractivity contribution in [3.8, 4) is 0 Å². The third-order valence-corrected chi connectivity index (χ3v) is 1.72. The van der Waals surface area contributed by atoms with E-state index in [9.17, 15) is 4.79 Å². The summed E-state index contributed by atoms with van der Waals surface area (Å²) in [5.74, 6) is 0.514. The van der Waals surface area contributed by atoms with Crippen molar-refractivity contribution in [2.75, 3.05) is 0 Å². The molecule has 1 rings (SSSR count). The highest BCUT2D eigenvalue weighted by molar-refractivity contribution is 14.1. The van der Waals surface area contributed by atoms with Gasteiger partial charge >= 0.3 is 0 Å². The molecule has 60 valence electrons. The van der Waals surface area contributed by atoms with Crippen LogP contribution in [0.2, 0.25) is 0 Å². The van der Waals surface area contributed by atoms with Crippen LogP contribution >= 0.6 is 22.9 Å². The van der Waals surface area contributed by atoms with Gasteiger partial charge in [-0.1, -0.05) is 0 Å². The van der Waals surface area contributed by atoms with Crippen molar-refractivity contribution >= 4 is 28.8 Å². The molecule has 0 aliphatic heterocycles. The van der Waals surface area contributed by atoms with Crippen LogP contribution in [0.1, 0.15) is 11.6 Å². The van der Waals surface area contributed by atoms with Gasteiger partial charge in [0.15, 0.2) is 5.89 Å². The lowest BCUT2D eigenvalue weighted by molar-refractivity contribution is -0.118. The molecule has 0 radical (unpaired) electrons. The summed E-state index contributed by atoms with van der Waals surface area (Å²) in [5, 5.41) is 0. The first kappa shape index (κ1) is 8.51. The number of aryl methyl sites for hydroxylation is 1. The second-order valence-electron chi connectivity index (χ2n) is 2.05. The highest BCUT2D eigenvalue weighted by Gasteiger charge is 2.04. The molecule has 1 N–H and O–H groups in total. The lowest BCUT2D eigenvalue weighted by atomic mass is 10.3. The van der Waals surface area contributed by atoms with Crippen LogP contribution in [0.3, 0.4) is 0 Å². The monoisotopic (exact) mass is 266 g/mol. The van der Waals surface area contributed by atoms with Crippen LogP contribution in [-0.4, -0.2) is 10.9 Å². The van der Waals surface area contributed by atoms with Crippen molar-refractivity contribution < 1.29 is 9.21 Å². The molecule has 1 aromatic heterocycles. The zero-order valence-electron chi connectivity index (χ0n) is 5.93. The van der Waals surface area contributed by atoms with Crippen LogP contribution in [-0.2, 0) is 11.2 Å². The molecule has 4 nitrogen and oxygen atoms in total. The Kier molecular flexibility index (Phi) is 2.86. The van der Waals surface area contributed by atoms with Gasteiger partial charge in [-0.05, 0) is 0 Å². The van der Waals surface area contributed by atoms with E-state index in [1.807, 2.05) is 0 Å². The molecule has 0 atom stereocenters. The van der Waals surface area contributed by atoms with Gasteiger partial charge < -0.3 is 4.42 Å². The summed E-state index contributed by atoms with van der Waals surface area (Å²) in [4.78, 5) is 14.8. The molecule has 1 amide bonds. The molecule has 1 heterocycles. The fourth-order valence-corrected chi connectivity index (χ4v) is 0.878. The Balaban J connectivity index is 2.57. The fourth-order valence-electron chi connectivity index (χ4n) is 0.687. The Morgan fingerprint density at radius 2 is 2.64 bits per heavy atom. The molecule has 1 aromatic rings. The lowest BCUT2D eigenvalue weighted by Gasteiger charge is -1.90. The van der Waals surface area contributed by atoms with Gasteiger partial charge in [0.05, 0.1) is 35.0 Å². The van der Waals surface area contributed by atoms with Crippen molar-refractivity contribution in [3.63, 3.8) is 0 Å². The predicted molar refractivity (Wildman–Crippen MR) is 47.1 cm³/mol. The van der Waals surface area contributed by atoms with Gasteiger partial charge in [-0.3, -0.25) is 8.32 Å². The predicted octanol–water partition coefficient (Wildman–Crippen LogP) is 0.992. The topological polar surface area (TPSA) is 55.1 Å². The van der Waals surface area contributed by atoms with Gasteiger partial charge in [-0.2, -0.15) is 0 Å². The number of nitrogens with zero attached hydrogens (tertiary/aromatic N) is 1. The molecule has 0 aliphatic rings. The van der Waals surface area contributed by atoms with Gasteiger partial charge in [0.25, 0.3) is 0 Å². The van der Waals surface area contributed by atoms with Crippen molar-refractivity contribution in [1.29, 1.82) is 0 Å². The Labute approximate surface area is 77.9 Å². The van der Waals surface area contributed by atoms with E-state index in [2.05, 4.69) is 8.51 Å². The molecular formula is C6H7IN2O2. The summed E-state index contributed by atoms with van der Waals surface area (Å²) in [7, 11) is 0. The smallest absolute Gasteiger partial charge is 0.234 e. The second kappa shape index (κ2) is 3.70. The lowest BCUT2D eigenvalue weighted by Crippen LogP contribution is -2.14. The average molecular weight is 266 g/mol. The fraction of sp³-hybridized carbons (Fsp3) is 0.333. The highest BCUT2D eigenvalue weighted by atomic mass is 127. The van der Waals surface area contributed by atoms with E-state index in [1.54, 1.807) is 29.8 Å². The zero-order chi connectivity index (χ0) is 8.27. The summed E-state index contributed by atoms with van der Waals surface area (Å²) < 4.78 is 7.39. The SMILES string of the molecule is Cc1nc(CC(=O)NI)co1. The van der Waals surface area contributed by atoms with Crippen molar-refractivity contribution in [2.45, 2.75) is 13.3 Å². The Morgan fingerprint density at radius 1 is 1.91 bits per heavy atom. The zero-order valence-corrected chi connectivity index (χ0v) is 8.08. The maximum Gasteiger partial charge on any atom is 0.234 e. The number of amides is 1. The van der Waals surface area contributed by atoms with Gasteiger partial charge in [-0.25, -0.2) is 4.98 Å². The average Bonchev–Trinajstić information content (AvgIpc) is 2.35. The van der Waals surface area contributed by atoms with Crippen molar-refractivity contribution in [1.82, 2.24) is 8.51 Å². The molecule has 11 heavy (non-hydrogen) atoms. The van der Waals surface area contributed by atoms with E-state index < -0.39 is 0 Å². The van der Waals surface area contributed by atoms with Crippen LogP contribution in [0.4, 0.5) is 0 Å². The molecule has 0 fully saturated rings. The number of oxazole rings is 1. The summed E-state index contributed by atoms with van der Waals surface area (Å²) in [6.45, 7) is 1.74. The number of hydrogen-bond donors (Lipinski definition) is 1. The van der Waals surface area contributed by atoms with E-state index in [4.69, 9.17) is 4.42 Å². The van der Waals surface area contributed by atoms with Crippen LogP contribution < -0.4 is 3.53 Å².